The fourth-order valence-electron chi connectivity index (χ4n) is 1.40. The van der Waals surface area contributed by atoms with E-state index in [1.807, 2.05) is 0 Å². The van der Waals surface area contributed by atoms with E-state index in [1.165, 1.54) is 4.90 Å². The fraction of sp³-hybridized carbons (Fsp3) is 0.556. The summed E-state index contributed by atoms with van der Waals surface area (Å²) in [7, 11) is 0. The van der Waals surface area contributed by atoms with E-state index in [4.69, 9.17) is 0 Å². The third kappa shape index (κ3) is 1.26. The minimum Gasteiger partial charge on any atom is -0.282 e. The van der Waals surface area contributed by atoms with Gasteiger partial charge in [-0.05, 0) is 13.8 Å². The van der Waals surface area contributed by atoms with Gasteiger partial charge in [0.2, 0.25) is 11.8 Å². The maximum absolute atomic E-state index is 11.4. The van der Waals surface area contributed by atoms with Gasteiger partial charge in [0.25, 0.3) is 0 Å². The first-order valence-corrected chi connectivity index (χ1v) is 4.07. The monoisotopic (exact) mass is 167 g/mol. The van der Waals surface area contributed by atoms with Crippen LogP contribution in [0.1, 0.15) is 20.3 Å². The van der Waals surface area contributed by atoms with E-state index in [9.17, 15) is 9.59 Å². The first kappa shape index (κ1) is 8.97. The van der Waals surface area contributed by atoms with Gasteiger partial charge in [-0.3, -0.25) is 14.5 Å². The molecular weight excluding hydrogens is 154 g/mol. The second kappa shape index (κ2) is 3.09. The Hall–Kier alpha value is -1.12. The molecule has 0 aromatic carbocycles. The molecule has 0 spiro atoms. The minimum absolute atomic E-state index is 0.0736. The SMILES string of the molecule is C=C(C)C1CC(=O)N(CC)C1=O. The van der Waals surface area contributed by atoms with Gasteiger partial charge in [-0.15, -0.1) is 0 Å². The maximum Gasteiger partial charge on any atom is 0.236 e. The van der Waals surface area contributed by atoms with E-state index in [1.54, 1.807) is 13.8 Å². The molecule has 12 heavy (non-hydrogen) atoms. The summed E-state index contributed by atoms with van der Waals surface area (Å²) in [5.74, 6) is -0.428. The average Bonchev–Trinajstić information content (AvgIpc) is 2.27. The Kier molecular flexibility index (Phi) is 2.31. The zero-order valence-electron chi connectivity index (χ0n) is 7.46. The number of imide groups is 1. The average molecular weight is 167 g/mol. The molecule has 1 fully saturated rings. The molecule has 1 aliphatic heterocycles. The van der Waals surface area contributed by atoms with Crippen molar-refractivity contribution in [3.05, 3.63) is 12.2 Å². The van der Waals surface area contributed by atoms with Crippen molar-refractivity contribution in [1.29, 1.82) is 0 Å². The van der Waals surface area contributed by atoms with Gasteiger partial charge in [-0.25, -0.2) is 0 Å². The molecule has 0 bridgehead atoms. The van der Waals surface area contributed by atoms with Gasteiger partial charge in [0.05, 0.1) is 5.92 Å². The highest BCUT2D eigenvalue weighted by Crippen LogP contribution is 2.24. The normalized spacial score (nSPS) is 23.5. The number of carbonyl (C=O) groups excluding carboxylic acids is 2. The van der Waals surface area contributed by atoms with Crippen LogP contribution in [0.5, 0.6) is 0 Å². The second-order valence-electron chi connectivity index (χ2n) is 3.08. The molecule has 3 nitrogen and oxygen atoms in total. The van der Waals surface area contributed by atoms with Crippen LogP contribution in [0.2, 0.25) is 0 Å². The Morgan fingerprint density at radius 1 is 1.67 bits per heavy atom. The molecule has 0 aliphatic carbocycles. The number of nitrogens with zero attached hydrogens (tertiary/aromatic N) is 1. The summed E-state index contributed by atoms with van der Waals surface area (Å²) in [6.07, 6.45) is 0.308. The third-order valence-electron chi connectivity index (χ3n) is 2.16. The van der Waals surface area contributed by atoms with E-state index in [2.05, 4.69) is 6.58 Å². The number of rotatable bonds is 2. The quantitative estimate of drug-likeness (QED) is 0.453. The van der Waals surface area contributed by atoms with Gasteiger partial charge in [0, 0.05) is 13.0 Å². The van der Waals surface area contributed by atoms with Crippen molar-refractivity contribution in [2.24, 2.45) is 5.92 Å². The van der Waals surface area contributed by atoms with Crippen molar-refractivity contribution in [3.8, 4) is 0 Å². The van der Waals surface area contributed by atoms with Crippen LogP contribution >= 0.6 is 0 Å². The summed E-state index contributed by atoms with van der Waals surface area (Å²) in [6, 6.07) is 0. The van der Waals surface area contributed by atoms with Crippen LogP contribution in [0.15, 0.2) is 12.2 Å². The summed E-state index contributed by atoms with van der Waals surface area (Å²) >= 11 is 0. The van der Waals surface area contributed by atoms with Crippen LogP contribution in [0.25, 0.3) is 0 Å². The summed E-state index contributed by atoms with van der Waals surface area (Å²) in [5, 5.41) is 0. The van der Waals surface area contributed by atoms with Crippen molar-refractivity contribution in [1.82, 2.24) is 4.90 Å². The fourth-order valence-corrected chi connectivity index (χ4v) is 1.40. The minimum atomic E-state index is -0.266. The predicted octanol–water partition coefficient (Wildman–Crippen LogP) is 0.958. The number of amides is 2. The molecule has 0 aromatic rings. The number of likely N-dealkylation sites (tertiary alicyclic amines) is 1. The van der Waals surface area contributed by atoms with Crippen molar-refractivity contribution in [2.75, 3.05) is 6.54 Å². The molecule has 66 valence electrons. The van der Waals surface area contributed by atoms with Crippen LogP contribution < -0.4 is 0 Å². The van der Waals surface area contributed by atoms with E-state index in [0.29, 0.717) is 13.0 Å². The van der Waals surface area contributed by atoms with Crippen molar-refractivity contribution < 1.29 is 9.59 Å². The first-order chi connectivity index (χ1) is 5.57. The highest BCUT2D eigenvalue weighted by Gasteiger charge is 2.37. The lowest BCUT2D eigenvalue weighted by atomic mass is 10.0. The molecule has 0 radical (unpaired) electrons. The van der Waals surface area contributed by atoms with Crippen LogP contribution in [0.3, 0.4) is 0 Å². The lowest BCUT2D eigenvalue weighted by Gasteiger charge is -2.11. The lowest BCUT2D eigenvalue weighted by molar-refractivity contribution is -0.138. The van der Waals surface area contributed by atoms with E-state index in [0.717, 1.165) is 5.57 Å². The van der Waals surface area contributed by atoms with Gasteiger partial charge < -0.3 is 0 Å². The first-order valence-electron chi connectivity index (χ1n) is 4.07. The third-order valence-corrected chi connectivity index (χ3v) is 2.16. The van der Waals surface area contributed by atoms with E-state index < -0.39 is 0 Å². The second-order valence-corrected chi connectivity index (χ2v) is 3.08. The topological polar surface area (TPSA) is 37.4 Å². The predicted molar refractivity (Wildman–Crippen MR) is 45.3 cm³/mol. The van der Waals surface area contributed by atoms with Gasteiger partial charge in [0.1, 0.15) is 0 Å². The Morgan fingerprint density at radius 3 is 2.50 bits per heavy atom. The zero-order valence-corrected chi connectivity index (χ0v) is 7.46. The molecule has 2 amide bonds. The zero-order chi connectivity index (χ0) is 9.30. The summed E-state index contributed by atoms with van der Waals surface area (Å²) in [4.78, 5) is 23.9. The van der Waals surface area contributed by atoms with Crippen molar-refractivity contribution in [3.63, 3.8) is 0 Å². The molecule has 1 unspecified atom stereocenters. The van der Waals surface area contributed by atoms with Crippen molar-refractivity contribution in [2.45, 2.75) is 20.3 Å². The van der Waals surface area contributed by atoms with Gasteiger partial charge in [0.15, 0.2) is 0 Å². The van der Waals surface area contributed by atoms with Gasteiger partial charge in [-0.1, -0.05) is 12.2 Å². The Bertz CT molecular complexity index is 245. The largest absolute Gasteiger partial charge is 0.282 e. The molecule has 1 heterocycles. The smallest absolute Gasteiger partial charge is 0.236 e. The van der Waals surface area contributed by atoms with Gasteiger partial charge >= 0.3 is 0 Å². The van der Waals surface area contributed by atoms with Crippen LogP contribution in [0.4, 0.5) is 0 Å². The molecule has 1 aliphatic rings. The molecule has 0 aromatic heterocycles. The summed E-state index contributed by atoms with van der Waals surface area (Å²) < 4.78 is 0. The molecule has 3 heteroatoms. The van der Waals surface area contributed by atoms with Crippen LogP contribution in [-0.2, 0) is 9.59 Å². The molecule has 0 N–H and O–H groups in total. The molecule has 1 rings (SSSR count). The maximum atomic E-state index is 11.4. The molecule has 1 saturated heterocycles. The van der Waals surface area contributed by atoms with Crippen molar-refractivity contribution >= 4 is 11.8 Å². The van der Waals surface area contributed by atoms with Crippen LogP contribution in [-0.4, -0.2) is 23.3 Å². The standard InChI is InChI=1S/C9H13NO2/c1-4-10-8(11)5-7(6(2)3)9(10)12/h7H,2,4-5H2,1,3H3. The molecule has 1 atom stereocenters. The lowest BCUT2D eigenvalue weighted by Crippen LogP contribution is -2.30. The highest BCUT2D eigenvalue weighted by atomic mass is 16.2. The summed E-state index contributed by atoms with van der Waals surface area (Å²) in [5.41, 5.74) is 0.782. The Balaban J connectivity index is 2.82. The Labute approximate surface area is 72.0 Å². The van der Waals surface area contributed by atoms with E-state index in [-0.39, 0.29) is 17.7 Å². The molecular formula is C9H13NO2. The van der Waals surface area contributed by atoms with Gasteiger partial charge in [-0.2, -0.15) is 0 Å². The van der Waals surface area contributed by atoms with E-state index >= 15 is 0 Å². The number of hydrogen-bond acceptors (Lipinski definition) is 2. The van der Waals surface area contributed by atoms with Crippen LogP contribution in [0, 0.1) is 5.92 Å². The number of hydrogen-bond donors (Lipinski definition) is 0. The molecule has 0 saturated carbocycles. The Morgan fingerprint density at radius 2 is 2.25 bits per heavy atom. The number of carbonyl (C=O) groups is 2. The summed E-state index contributed by atoms with van der Waals surface area (Å²) in [6.45, 7) is 7.75. The highest BCUT2D eigenvalue weighted by molar-refractivity contribution is 6.04.